The average Bonchev–Trinajstić information content (AvgIpc) is 3.44. The Morgan fingerprint density at radius 1 is 0.269 bits per heavy atom. The van der Waals surface area contributed by atoms with Crippen molar-refractivity contribution in [1.82, 2.24) is 0 Å². The highest BCUT2D eigenvalue weighted by molar-refractivity contribution is 5.71. The second-order valence-electron chi connectivity index (χ2n) is 20.6. The molecule has 0 aromatic rings. The van der Waals surface area contributed by atoms with Crippen LogP contribution in [-0.2, 0) is 28.6 Å². The Bertz CT molecular complexity index is 1710. The molecule has 1 atom stereocenters. The fourth-order valence-corrected chi connectivity index (χ4v) is 8.32. The number of ether oxygens (including phenoxy) is 3. The summed E-state index contributed by atoms with van der Waals surface area (Å²) in [5.41, 5.74) is 0. The third-order valence-electron chi connectivity index (χ3n) is 13.1. The molecule has 78 heavy (non-hydrogen) atoms. The van der Waals surface area contributed by atoms with Crippen LogP contribution in [0.25, 0.3) is 0 Å². The molecule has 0 radical (unpaired) electrons. The van der Waals surface area contributed by atoms with Gasteiger partial charge >= 0.3 is 17.9 Å². The molecular formula is C72H116O6. The van der Waals surface area contributed by atoms with Crippen molar-refractivity contribution in [1.29, 1.82) is 0 Å². The minimum absolute atomic E-state index is 0.0970. The van der Waals surface area contributed by atoms with Gasteiger partial charge in [0.2, 0.25) is 0 Å². The number of carbonyl (C=O) groups is 3. The van der Waals surface area contributed by atoms with Crippen molar-refractivity contribution in [2.24, 2.45) is 0 Å². The Hall–Kier alpha value is -4.71. The number of hydrogen-bond donors (Lipinski definition) is 0. The average molecular weight is 1080 g/mol. The molecule has 0 saturated heterocycles. The first-order valence-electron chi connectivity index (χ1n) is 31.8. The van der Waals surface area contributed by atoms with Crippen molar-refractivity contribution < 1.29 is 28.6 Å². The van der Waals surface area contributed by atoms with Crippen LogP contribution in [0.5, 0.6) is 0 Å². The first kappa shape index (κ1) is 73.3. The van der Waals surface area contributed by atoms with Crippen molar-refractivity contribution >= 4 is 17.9 Å². The van der Waals surface area contributed by atoms with Gasteiger partial charge in [-0.15, -0.1) is 0 Å². The van der Waals surface area contributed by atoms with E-state index < -0.39 is 6.10 Å². The lowest BCUT2D eigenvalue weighted by Crippen LogP contribution is -2.30. The van der Waals surface area contributed by atoms with Crippen molar-refractivity contribution in [2.75, 3.05) is 13.2 Å². The molecule has 0 aliphatic rings. The van der Waals surface area contributed by atoms with Crippen LogP contribution >= 0.6 is 0 Å². The smallest absolute Gasteiger partial charge is 0.306 e. The summed E-state index contributed by atoms with van der Waals surface area (Å²) < 4.78 is 16.8. The van der Waals surface area contributed by atoms with Crippen molar-refractivity contribution in [3.05, 3.63) is 146 Å². The maximum atomic E-state index is 12.9. The van der Waals surface area contributed by atoms with E-state index in [1.165, 1.54) is 83.5 Å². The van der Waals surface area contributed by atoms with Crippen molar-refractivity contribution in [3.63, 3.8) is 0 Å². The predicted molar refractivity (Wildman–Crippen MR) is 339 cm³/mol. The van der Waals surface area contributed by atoms with Crippen LogP contribution in [0.1, 0.15) is 271 Å². The van der Waals surface area contributed by atoms with E-state index in [9.17, 15) is 14.4 Å². The van der Waals surface area contributed by atoms with Crippen LogP contribution in [-0.4, -0.2) is 37.2 Å². The largest absolute Gasteiger partial charge is 0.462 e. The van der Waals surface area contributed by atoms with Crippen molar-refractivity contribution in [2.45, 2.75) is 277 Å². The maximum Gasteiger partial charge on any atom is 0.306 e. The summed E-state index contributed by atoms with van der Waals surface area (Å²) in [6.07, 6.45) is 92.8. The fourth-order valence-electron chi connectivity index (χ4n) is 8.32. The van der Waals surface area contributed by atoms with E-state index in [4.69, 9.17) is 14.2 Å². The van der Waals surface area contributed by atoms with Crippen LogP contribution < -0.4 is 0 Å². The topological polar surface area (TPSA) is 78.9 Å². The van der Waals surface area contributed by atoms with Gasteiger partial charge in [0, 0.05) is 19.3 Å². The van der Waals surface area contributed by atoms with E-state index in [1.54, 1.807) is 0 Å². The summed E-state index contributed by atoms with van der Waals surface area (Å²) in [5.74, 6) is -0.947. The molecule has 6 heteroatoms. The number of allylic oxidation sites excluding steroid dienone is 24. The number of unbranched alkanes of at least 4 members (excludes halogenated alkanes) is 21. The van der Waals surface area contributed by atoms with Gasteiger partial charge in [-0.2, -0.15) is 0 Å². The highest BCUT2D eigenvalue weighted by atomic mass is 16.6. The maximum absolute atomic E-state index is 12.9. The zero-order valence-corrected chi connectivity index (χ0v) is 50.4. The number of rotatable bonds is 56. The van der Waals surface area contributed by atoms with Gasteiger partial charge < -0.3 is 14.2 Å². The zero-order valence-electron chi connectivity index (χ0n) is 50.4. The molecule has 0 aromatic heterocycles. The van der Waals surface area contributed by atoms with E-state index in [0.717, 1.165) is 148 Å². The zero-order chi connectivity index (χ0) is 56.4. The Balaban J connectivity index is 4.37. The van der Waals surface area contributed by atoms with Gasteiger partial charge in [-0.25, -0.2) is 0 Å². The highest BCUT2D eigenvalue weighted by Gasteiger charge is 2.19. The summed E-state index contributed by atoms with van der Waals surface area (Å²) in [6, 6.07) is 0. The Morgan fingerprint density at radius 3 is 0.821 bits per heavy atom. The monoisotopic (exact) mass is 1080 g/mol. The Labute approximate surface area is 480 Å². The van der Waals surface area contributed by atoms with Gasteiger partial charge in [-0.05, 0) is 128 Å². The van der Waals surface area contributed by atoms with Crippen LogP contribution in [0.15, 0.2) is 146 Å². The van der Waals surface area contributed by atoms with Gasteiger partial charge in [0.05, 0.1) is 0 Å². The van der Waals surface area contributed by atoms with Crippen LogP contribution in [0.2, 0.25) is 0 Å². The number of esters is 3. The van der Waals surface area contributed by atoms with Gasteiger partial charge in [-0.1, -0.05) is 269 Å². The Kier molecular flexibility index (Phi) is 60.9. The van der Waals surface area contributed by atoms with E-state index in [2.05, 4.69) is 167 Å². The van der Waals surface area contributed by atoms with Gasteiger partial charge in [0.1, 0.15) is 13.2 Å². The van der Waals surface area contributed by atoms with Gasteiger partial charge in [0.15, 0.2) is 6.10 Å². The minimum atomic E-state index is -0.803. The molecule has 6 nitrogen and oxygen atoms in total. The molecule has 0 amide bonds. The molecule has 440 valence electrons. The minimum Gasteiger partial charge on any atom is -0.462 e. The highest BCUT2D eigenvalue weighted by Crippen LogP contribution is 2.14. The van der Waals surface area contributed by atoms with Gasteiger partial charge in [-0.3, -0.25) is 14.4 Å². The molecule has 1 unspecified atom stereocenters. The van der Waals surface area contributed by atoms with Crippen LogP contribution in [0, 0.1) is 0 Å². The van der Waals surface area contributed by atoms with E-state index in [0.29, 0.717) is 19.3 Å². The second kappa shape index (κ2) is 64.8. The molecule has 0 bridgehead atoms. The van der Waals surface area contributed by atoms with Crippen LogP contribution in [0.3, 0.4) is 0 Å². The number of carbonyl (C=O) groups excluding carboxylic acids is 3. The second-order valence-corrected chi connectivity index (χ2v) is 20.6. The molecule has 0 aromatic carbocycles. The lowest BCUT2D eigenvalue weighted by Gasteiger charge is -2.18. The first-order valence-corrected chi connectivity index (χ1v) is 31.8. The molecule has 0 rings (SSSR count). The summed E-state index contributed by atoms with van der Waals surface area (Å²) in [5, 5.41) is 0. The molecule has 0 saturated carbocycles. The number of hydrogen-bond acceptors (Lipinski definition) is 6. The first-order chi connectivity index (χ1) is 38.5. The molecule has 0 spiro atoms. The summed E-state index contributed by atoms with van der Waals surface area (Å²) >= 11 is 0. The molecule has 0 aliphatic carbocycles. The molecular weight excluding hydrogens is 961 g/mol. The summed E-state index contributed by atoms with van der Waals surface area (Å²) in [4.78, 5) is 38.2. The third-order valence-corrected chi connectivity index (χ3v) is 13.1. The lowest BCUT2D eigenvalue weighted by atomic mass is 10.1. The molecule has 0 aliphatic heterocycles. The van der Waals surface area contributed by atoms with E-state index in [-0.39, 0.29) is 31.1 Å². The SMILES string of the molecule is CC/C=C\C/C=C\C/C=C\C/C=C\C/C=C\C/C=C\C/C=C\C/C=C\C/C=C\CCCCCC(=O)OCC(COC(=O)CCCCCCCCCCCC)OC(=O)CCCCCCCC/C=C\C/C=C\C/C=C\CCCCC. The fraction of sp³-hybridized carbons (Fsp3) is 0.625. The predicted octanol–water partition coefficient (Wildman–Crippen LogP) is 21.9. The molecule has 0 fully saturated rings. The van der Waals surface area contributed by atoms with Crippen LogP contribution in [0.4, 0.5) is 0 Å². The summed E-state index contributed by atoms with van der Waals surface area (Å²) in [7, 11) is 0. The normalized spacial score (nSPS) is 13.1. The lowest BCUT2D eigenvalue weighted by molar-refractivity contribution is -0.167. The Morgan fingerprint density at radius 2 is 0.500 bits per heavy atom. The van der Waals surface area contributed by atoms with E-state index >= 15 is 0 Å². The van der Waals surface area contributed by atoms with Crippen molar-refractivity contribution in [3.8, 4) is 0 Å². The summed E-state index contributed by atoms with van der Waals surface area (Å²) in [6.45, 7) is 6.45. The van der Waals surface area contributed by atoms with Gasteiger partial charge in [0.25, 0.3) is 0 Å². The van der Waals surface area contributed by atoms with E-state index in [1.807, 2.05) is 0 Å². The quantitative estimate of drug-likeness (QED) is 0.0261. The molecule has 0 N–H and O–H groups in total. The standard InChI is InChI=1S/C72H116O6/c1-4-7-10-13-16-19-22-24-26-28-30-31-32-33-34-35-36-37-38-39-40-41-43-44-46-48-50-53-56-59-62-65-71(74)77-68-69(67-76-70(73)64-61-58-55-52-21-18-15-12-9-6-3)78-72(75)66-63-60-57-54-51-49-47-45-42-29-27-25-23-20-17-14-11-8-5-2/h7,10,16-17,19-20,24-27,30-31,33-34,36-37,39-40,42-45,48,50,69H,4-6,8-9,11-15,18,21-23,28-29,32,35,38,41,46-47,49,51-68H2,1-3H3/b10-7-,19-16-,20-17-,26-24-,27-25-,31-30-,34-33-,37-36-,40-39-,44-43-,45-42-,50-48-. The molecule has 0 heterocycles. The third kappa shape index (κ3) is 62.1.